The largest absolute Gasteiger partial charge is 0.497 e. The van der Waals surface area contributed by atoms with Crippen molar-refractivity contribution in [3.63, 3.8) is 0 Å². The minimum Gasteiger partial charge on any atom is -0.497 e. The molecular formula is C28H33N3O5. The number of amides is 2. The van der Waals surface area contributed by atoms with Crippen LogP contribution in [0.5, 0.6) is 11.5 Å². The molecule has 2 aromatic carbocycles. The predicted molar refractivity (Wildman–Crippen MR) is 136 cm³/mol. The summed E-state index contributed by atoms with van der Waals surface area (Å²) in [6.45, 7) is 6.01. The lowest BCUT2D eigenvalue weighted by molar-refractivity contribution is -0.133. The number of hydrogen-bond donors (Lipinski definition) is 1. The lowest BCUT2D eigenvalue weighted by Crippen LogP contribution is -2.64. The number of fused-ring (bicyclic) bond motifs is 3. The fourth-order valence-corrected chi connectivity index (χ4v) is 5.21. The Kier molecular flexibility index (Phi) is 6.62. The van der Waals surface area contributed by atoms with E-state index in [0.29, 0.717) is 36.9 Å². The summed E-state index contributed by atoms with van der Waals surface area (Å²) < 4.78 is 18.9. The number of ether oxygens (including phenoxy) is 3. The molecule has 5 rings (SSSR count). The minimum absolute atomic E-state index is 0.0104. The van der Waals surface area contributed by atoms with Crippen molar-refractivity contribution in [2.75, 3.05) is 26.9 Å². The summed E-state index contributed by atoms with van der Waals surface area (Å²) in [6, 6.07) is 15.3. The van der Waals surface area contributed by atoms with E-state index in [1.165, 1.54) is 0 Å². The molecule has 8 heteroatoms. The molecule has 8 nitrogen and oxygen atoms in total. The second kappa shape index (κ2) is 9.85. The average molecular weight is 492 g/mol. The number of benzene rings is 2. The number of nitrogens with one attached hydrogen (secondary N) is 1. The Morgan fingerprint density at radius 1 is 1.22 bits per heavy atom. The standard InChI is InChI=1S/C28H33N3O5/c1-4-35-25-10-6-5-8-20(25)17-31-26(32)24-14-19-11-12-21(34-3)15-23(19)30(24)18-28(31,2)27(33)29-16-22-9-7-13-36-22/h5-6,8,10-12,14-15,22H,4,7,9,13,16-18H2,1-3H3,(H,29,33)/t22-,28+/m1/s1. The van der Waals surface area contributed by atoms with Gasteiger partial charge in [-0.1, -0.05) is 18.2 Å². The van der Waals surface area contributed by atoms with Crippen molar-refractivity contribution >= 4 is 22.7 Å². The Labute approximate surface area is 211 Å². The van der Waals surface area contributed by atoms with Crippen LogP contribution in [0.2, 0.25) is 0 Å². The summed E-state index contributed by atoms with van der Waals surface area (Å²) in [7, 11) is 1.62. The van der Waals surface area contributed by atoms with Crippen molar-refractivity contribution in [2.45, 2.75) is 51.4 Å². The number of rotatable bonds is 8. The molecule has 190 valence electrons. The van der Waals surface area contributed by atoms with Crippen LogP contribution in [-0.4, -0.2) is 59.8 Å². The molecular weight excluding hydrogens is 458 g/mol. The van der Waals surface area contributed by atoms with Crippen molar-refractivity contribution in [3.8, 4) is 11.5 Å². The molecule has 3 aromatic rings. The highest BCUT2D eigenvalue weighted by Gasteiger charge is 2.48. The molecule has 2 amide bonds. The summed E-state index contributed by atoms with van der Waals surface area (Å²) in [4.78, 5) is 29.5. The molecule has 2 atom stereocenters. The monoisotopic (exact) mass is 491 g/mol. The fourth-order valence-electron chi connectivity index (χ4n) is 5.21. The first-order valence-corrected chi connectivity index (χ1v) is 12.5. The van der Waals surface area contributed by atoms with Gasteiger partial charge in [-0.05, 0) is 51.0 Å². The Balaban J connectivity index is 1.55. The topological polar surface area (TPSA) is 82.0 Å². The quantitative estimate of drug-likeness (QED) is 0.519. The van der Waals surface area contributed by atoms with Crippen molar-refractivity contribution < 1.29 is 23.8 Å². The van der Waals surface area contributed by atoms with Gasteiger partial charge in [0.05, 0.1) is 38.4 Å². The molecule has 1 N–H and O–H groups in total. The van der Waals surface area contributed by atoms with Crippen LogP contribution < -0.4 is 14.8 Å². The lowest BCUT2D eigenvalue weighted by atomic mass is 9.93. The third kappa shape index (κ3) is 4.30. The van der Waals surface area contributed by atoms with Gasteiger partial charge in [0.2, 0.25) is 5.91 Å². The second-order valence-electron chi connectivity index (χ2n) is 9.59. The van der Waals surface area contributed by atoms with Gasteiger partial charge >= 0.3 is 0 Å². The van der Waals surface area contributed by atoms with E-state index in [0.717, 1.165) is 35.9 Å². The van der Waals surface area contributed by atoms with Crippen LogP contribution >= 0.6 is 0 Å². The lowest BCUT2D eigenvalue weighted by Gasteiger charge is -2.44. The number of hydrogen-bond acceptors (Lipinski definition) is 5. The van der Waals surface area contributed by atoms with E-state index < -0.39 is 5.54 Å². The molecule has 36 heavy (non-hydrogen) atoms. The van der Waals surface area contributed by atoms with E-state index in [1.54, 1.807) is 12.0 Å². The van der Waals surface area contributed by atoms with E-state index in [4.69, 9.17) is 14.2 Å². The molecule has 2 aliphatic heterocycles. The summed E-state index contributed by atoms with van der Waals surface area (Å²) in [6.07, 6.45) is 1.93. The van der Waals surface area contributed by atoms with E-state index in [1.807, 2.05) is 66.9 Å². The first-order chi connectivity index (χ1) is 17.4. The van der Waals surface area contributed by atoms with Crippen LogP contribution in [0.3, 0.4) is 0 Å². The number of para-hydroxylation sites is 1. The van der Waals surface area contributed by atoms with Crippen LogP contribution in [0, 0.1) is 0 Å². The highest BCUT2D eigenvalue weighted by molar-refractivity contribution is 6.03. The first-order valence-electron chi connectivity index (χ1n) is 12.5. The van der Waals surface area contributed by atoms with Crippen molar-refractivity contribution in [2.24, 2.45) is 0 Å². The van der Waals surface area contributed by atoms with Crippen LogP contribution in [0.15, 0.2) is 48.5 Å². The van der Waals surface area contributed by atoms with E-state index in [9.17, 15) is 9.59 Å². The zero-order valence-electron chi connectivity index (χ0n) is 21.1. The van der Waals surface area contributed by atoms with Gasteiger partial charge in [-0.3, -0.25) is 9.59 Å². The number of methoxy groups -OCH3 is 1. The predicted octanol–water partition coefficient (Wildman–Crippen LogP) is 3.76. The SMILES string of the molecule is CCOc1ccccc1CN1C(=O)c2cc3ccc(OC)cc3n2C[C@@]1(C)C(=O)NC[C@H]1CCCO1. The van der Waals surface area contributed by atoms with E-state index in [2.05, 4.69) is 5.32 Å². The minimum atomic E-state index is -1.13. The van der Waals surface area contributed by atoms with Gasteiger partial charge < -0.3 is 29.0 Å². The number of aromatic nitrogens is 1. The maximum absolute atomic E-state index is 14.0. The summed E-state index contributed by atoms with van der Waals surface area (Å²) in [5.74, 6) is 1.02. The van der Waals surface area contributed by atoms with Gasteiger partial charge in [0.15, 0.2) is 0 Å². The number of carbonyl (C=O) groups is 2. The van der Waals surface area contributed by atoms with Gasteiger partial charge in [0, 0.05) is 30.2 Å². The summed E-state index contributed by atoms with van der Waals surface area (Å²) >= 11 is 0. The molecule has 0 aliphatic carbocycles. The molecule has 0 radical (unpaired) electrons. The zero-order chi connectivity index (χ0) is 25.3. The smallest absolute Gasteiger partial charge is 0.271 e. The Morgan fingerprint density at radius 3 is 2.81 bits per heavy atom. The average Bonchev–Trinajstić information content (AvgIpc) is 3.54. The molecule has 3 heterocycles. The molecule has 0 saturated carbocycles. The second-order valence-corrected chi connectivity index (χ2v) is 9.59. The van der Waals surface area contributed by atoms with Gasteiger partial charge in [0.1, 0.15) is 22.7 Å². The van der Waals surface area contributed by atoms with Crippen LogP contribution in [0.4, 0.5) is 0 Å². The number of carbonyl (C=O) groups excluding carboxylic acids is 2. The highest BCUT2D eigenvalue weighted by atomic mass is 16.5. The van der Waals surface area contributed by atoms with Gasteiger partial charge in [-0.15, -0.1) is 0 Å². The molecule has 0 bridgehead atoms. The molecule has 1 fully saturated rings. The molecule has 1 aromatic heterocycles. The maximum atomic E-state index is 14.0. The highest BCUT2D eigenvalue weighted by Crippen LogP contribution is 2.36. The van der Waals surface area contributed by atoms with Crippen LogP contribution in [-0.2, 0) is 22.6 Å². The van der Waals surface area contributed by atoms with Gasteiger partial charge in [-0.25, -0.2) is 0 Å². The zero-order valence-corrected chi connectivity index (χ0v) is 21.1. The normalized spacial score (nSPS) is 21.5. The maximum Gasteiger partial charge on any atom is 0.271 e. The third-order valence-corrected chi connectivity index (χ3v) is 7.24. The molecule has 0 spiro atoms. The molecule has 2 aliphatic rings. The fraction of sp³-hybridized carbons (Fsp3) is 0.429. The van der Waals surface area contributed by atoms with Gasteiger partial charge in [-0.2, -0.15) is 0 Å². The van der Waals surface area contributed by atoms with E-state index in [-0.39, 0.29) is 24.5 Å². The Morgan fingerprint density at radius 2 is 2.06 bits per heavy atom. The van der Waals surface area contributed by atoms with Crippen molar-refractivity contribution in [1.82, 2.24) is 14.8 Å². The van der Waals surface area contributed by atoms with E-state index >= 15 is 0 Å². The number of nitrogens with zero attached hydrogens (tertiary/aromatic N) is 2. The van der Waals surface area contributed by atoms with Crippen LogP contribution in [0.1, 0.15) is 42.7 Å². The van der Waals surface area contributed by atoms with Gasteiger partial charge in [0.25, 0.3) is 5.91 Å². The molecule has 1 saturated heterocycles. The van der Waals surface area contributed by atoms with Crippen molar-refractivity contribution in [1.29, 1.82) is 0 Å². The van der Waals surface area contributed by atoms with Crippen molar-refractivity contribution in [3.05, 3.63) is 59.8 Å². The van der Waals surface area contributed by atoms with Crippen LogP contribution in [0.25, 0.3) is 10.9 Å². The summed E-state index contributed by atoms with van der Waals surface area (Å²) in [5, 5.41) is 4.01. The Bertz CT molecular complexity index is 1280. The molecule has 0 unspecified atom stereocenters. The first kappa shape index (κ1) is 24.2. The summed E-state index contributed by atoms with van der Waals surface area (Å²) in [5.41, 5.74) is 1.15. The third-order valence-electron chi connectivity index (χ3n) is 7.24. The Hall–Kier alpha value is -3.52.